The number of amides is 2. The minimum absolute atomic E-state index is 0.0169. The number of benzene rings is 4. The molecule has 4 rings (SSSR count). The average Bonchev–Trinajstić information content (AvgIpc) is 3.04. The minimum atomic E-state index is -4.24. The molecule has 0 unspecified atom stereocenters. The number of sulfonamides is 1. The molecule has 0 aromatic heterocycles. The van der Waals surface area contributed by atoms with Crippen molar-refractivity contribution in [3.05, 3.63) is 129 Å². The lowest BCUT2D eigenvalue weighted by Gasteiger charge is -2.34. The van der Waals surface area contributed by atoms with Gasteiger partial charge in [0.25, 0.3) is 10.0 Å². The Morgan fingerprint density at radius 1 is 0.848 bits per heavy atom. The number of nitrogens with one attached hydrogen (secondary N) is 1. The number of carbonyl (C=O) groups excluding carboxylic acids is 2. The molecule has 10 heteroatoms. The Balaban J connectivity index is 1.83. The van der Waals surface area contributed by atoms with Crippen LogP contribution in [0.25, 0.3) is 0 Å². The number of aryl methyl sites for hydroxylation is 2. The van der Waals surface area contributed by atoms with Crippen molar-refractivity contribution in [1.82, 2.24) is 10.2 Å². The maximum Gasteiger partial charge on any atom is 0.264 e. The summed E-state index contributed by atoms with van der Waals surface area (Å²) in [7, 11) is -4.24. The topological polar surface area (TPSA) is 86.8 Å². The summed E-state index contributed by atoms with van der Waals surface area (Å²) in [5.41, 5.74) is 3.35. The zero-order valence-electron chi connectivity index (χ0n) is 26.4. The molecule has 46 heavy (non-hydrogen) atoms. The van der Waals surface area contributed by atoms with Gasteiger partial charge in [0, 0.05) is 29.1 Å². The third-order valence-corrected chi connectivity index (χ3v) is 10.5. The van der Waals surface area contributed by atoms with E-state index >= 15 is 0 Å². The monoisotopic (exact) mass is 679 g/mol. The zero-order valence-corrected chi connectivity index (χ0v) is 28.7. The van der Waals surface area contributed by atoms with Crippen LogP contribution in [0.4, 0.5) is 5.69 Å². The first kappa shape index (κ1) is 35.0. The molecule has 4 aromatic carbocycles. The average molecular weight is 681 g/mol. The van der Waals surface area contributed by atoms with Crippen LogP contribution < -0.4 is 9.62 Å². The fraction of sp³-hybridized carbons (Fsp3) is 0.278. The number of rotatable bonds is 13. The lowest BCUT2D eigenvalue weighted by molar-refractivity contribution is -0.140. The van der Waals surface area contributed by atoms with Crippen LogP contribution >= 0.6 is 23.2 Å². The molecule has 0 fully saturated rings. The van der Waals surface area contributed by atoms with Gasteiger partial charge >= 0.3 is 0 Å². The Hall–Kier alpha value is -3.85. The molecule has 4 aromatic rings. The molecule has 2 amide bonds. The number of hydrogen-bond acceptors (Lipinski definition) is 4. The van der Waals surface area contributed by atoms with E-state index in [0.29, 0.717) is 22.0 Å². The van der Waals surface area contributed by atoms with Gasteiger partial charge in [-0.25, -0.2) is 8.42 Å². The molecule has 0 aliphatic heterocycles. The number of carbonyl (C=O) groups is 2. The van der Waals surface area contributed by atoms with E-state index in [9.17, 15) is 18.0 Å². The standard InChI is InChI=1S/C36H39Cl2N3O4S/c1-5-27(4)39-36(43)34(21-28-11-7-6-8-12-28)40(23-29-13-9-10-14-32(29)37)35(42)24-41(30-18-17-26(3)33(38)22-30)46(44,45)31-19-15-25(2)16-20-31/h6-20,22,27,34H,5,21,23-24H2,1-4H3,(H,39,43)/t27-,34-/m0/s1. The Labute approximate surface area is 282 Å². The van der Waals surface area contributed by atoms with Crippen LogP contribution in [0.3, 0.4) is 0 Å². The van der Waals surface area contributed by atoms with Gasteiger partial charge in [-0.15, -0.1) is 0 Å². The van der Waals surface area contributed by atoms with Crippen molar-refractivity contribution < 1.29 is 18.0 Å². The second-order valence-electron chi connectivity index (χ2n) is 11.4. The van der Waals surface area contributed by atoms with Gasteiger partial charge in [0.2, 0.25) is 11.8 Å². The van der Waals surface area contributed by atoms with Crippen LogP contribution in [-0.4, -0.2) is 43.8 Å². The Bertz CT molecular complexity index is 1770. The molecule has 0 radical (unpaired) electrons. The van der Waals surface area contributed by atoms with Gasteiger partial charge in [0.15, 0.2) is 0 Å². The molecule has 0 bridgehead atoms. The zero-order chi connectivity index (χ0) is 33.4. The lowest BCUT2D eigenvalue weighted by atomic mass is 10.0. The highest BCUT2D eigenvalue weighted by Crippen LogP contribution is 2.29. The highest BCUT2D eigenvalue weighted by atomic mass is 35.5. The van der Waals surface area contributed by atoms with E-state index in [2.05, 4.69) is 5.32 Å². The fourth-order valence-electron chi connectivity index (χ4n) is 4.91. The van der Waals surface area contributed by atoms with Crippen LogP contribution in [-0.2, 0) is 32.6 Å². The van der Waals surface area contributed by atoms with Crippen molar-refractivity contribution >= 4 is 50.7 Å². The predicted octanol–water partition coefficient (Wildman–Crippen LogP) is 7.36. The van der Waals surface area contributed by atoms with E-state index in [4.69, 9.17) is 23.2 Å². The van der Waals surface area contributed by atoms with Gasteiger partial charge in [-0.05, 0) is 74.2 Å². The molecule has 0 heterocycles. The number of anilines is 1. The molecule has 242 valence electrons. The molecule has 7 nitrogen and oxygen atoms in total. The summed E-state index contributed by atoms with van der Waals surface area (Å²) < 4.78 is 29.5. The van der Waals surface area contributed by atoms with Crippen molar-refractivity contribution in [2.24, 2.45) is 0 Å². The summed E-state index contributed by atoms with van der Waals surface area (Å²) in [6.45, 7) is 6.94. The normalized spacial score (nSPS) is 12.7. The summed E-state index contributed by atoms with van der Waals surface area (Å²) >= 11 is 13.0. The summed E-state index contributed by atoms with van der Waals surface area (Å²) in [5.74, 6) is -0.919. The lowest BCUT2D eigenvalue weighted by Crippen LogP contribution is -2.54. The molecule has 0 aliphatic rings. The van der Waals surface area contributed by atoms with Crippen molar-refractivity contribution in [2.75, 3.05) is 10.8 Å². The number of hydrogen-bond donors (Lipinski definition) is 1. The van der Waals surface area contributed by atoms with Crippen molar-refractivity contribution in [2.45, 2.75) is 64.1 Å². The van der Waals surface area contributed by atoms with E-state index in [0.717, 1.165) is 21.0 Å². The summed E-state index contributed by atoms with van der Waals surface area (Å²) in [4.78, 5) is 30.0. The Morgan fingerprint density at radius 2 is 1.50 bits per heavy atom. The van der Waals surface area contributed by atoms with Crippen LogP contribution in [0.5, 0.6) is 0 Å². The van der Waals surface area contributed by atoms with Crippen LogP contribution in [0.2, 0.25) is 10.0 Å². The smallest absolute Gasteiger partial charge is 0.264 e. The Kier molecular flexibility index (Phi) is 11.9. The second-order valence-corrected chi connectivity index (χ2v) is 14.1. The van der Waals surface area contributed by atoms with Crippen molar-refractivity contribution in [1.29, 1.82) is 0 Å². The van der Waals surface area contributed by atoms with E-state index in [1.807, 2.05) is 58.0 Å². The molecule has 0 saturated heterocycles. The van der Waals surface area contributed by atoms with E-state index < -0.39 is 28.5 Å². The molecule has 0 spiro atoms. The van der Waals surface area contributed by atoms with Crippen LogP contribution in [0.1, 0.15) is 42.5 Å². The van der Waals surface area contributed by atoms with Crippen LogP contribution in [0, 0.1) is 13.8 Å². The maximum atomic E-state index is 14.6. The first-order chi connectivity index (χ1) is 21.9. The highest BCUT2D eigenvalue weighted by Gasteiger charge is 2.35. The van der Waals surface area contributed by atoms with Gasteiger partial charge in [-0.3, -0.25) is 13.9 Å². The number of halogens is 2. The van der Waals surface area contributed by atoms with E-state index in [1.54, 1.807) is 48.5 Å². The first-order valence-corrected chi connectivity index (χ1v) is 17.3. The third kappa shape index (κ3) is 8.69. The van der Waals surface area contributed by atoms with Gasteiger partial charge in [-0.1, -0.05) is 102 Å². The van der Waals surface area contributed by atoms with E-state index in [1.165, 1.54) is 23.1 Å². The summed E-state index contributed by atoms with van der Waals surface area (Å²) in [5, 5.41) is 3.82. The number of nitrogens with zero attached hydrogens (tertiary/aromatic N) is 2. The van der Waals surface area contributed by atoms with Crippen LogP contribution in [0.15, 0.2) is 102 Å². The first-order valence-electron chi connectivity index (χ1n) is 15.1. The fourth-order valence-corrected chi connectivity index (χ4v) is 6.68. The van der Waals surface area contributed by atoms with Crippen molar-refractivity contribution in [3.63, 3.8) is 0 Å². The molecule has 2 atom stereocenters. The van der Waals surface area contributed by atoms with Crippen molar-refractivity contribution in [3.8, 4) is 0 Å². The third-order valence-electron chi connectivity index (χ3n) is 7.90. The molecule has 0 saturated carbocycles. The largest absolute Gasteiger partial charge is 0.352 e. The van der Waals surface area contributed by atoms with Gasteiger partial charge in [-0.2, -0.15) is 0 Å². The highest BCUT2D eigenvalue weighted by molar-refractivity contribution is 7.92. The minimum Gasteiger partial charge on any atom is -0.352 e. The molecular formula is C36H39Cl2N3O4S. The second kappa shape index (κ2) is 15.6. The quantitative estimate of drug-likeness (QED) is 0.160. The SMILES string of the molecule is CC[C@H](C)NC(=O)[C@H](Cc1ccccc1)N(Cc1ccccc1Cl)C(=O)CN(c1ccc(C)c(Cl)c1)S(=O)(=O)c1ccc(C)cc1. The summed E-state index contributed by atoms with van der Waals surface area (Å²) in [6.07, 6.45) is 0.902. The summed E-state index contributed by atoms with van der Waals surface area (Å²) in [6, 6.07) is 26.7. The van der Waals surface area contributed by atoms with Gasteiger partial charge < -0.3 is 10.2 Å². The maximum absolute atomic E-state index is 14.6. The molecular weight excluding hydrogens is 641 g/mol. The van der Waals surface area contributed by atoms with E-state index in [-0.39, 0.29) is 35.5 Å². The Morgan fingerprint density at radius 3 is 2.13 bits per heavy atom. The predicted molar refractivity (Wildman–Crippen MR) is 186 cm³/mol. The van der Waals surface area contributed by atoms with Gasteiger partial charge in [0.05, 0.1) is 10.6 Å². The van der Waals surface area contributed by atoms with Gasteiger partial charge in [0.1, 0.15) is 12.6 Å². The molecule has 1 N–H and O–H groups in total. The molecule has 0 aliphatic carbocycles.